The summed E-state index contributed by atoms with van der Waals surface area (Å²) >= 11 is 0. The maximum atomic E-state index is 12.4. The maximum Gasteiger partial charge on any atom is 0.251 e. The summed E-state index contributed by atoms with van der Waals surface area (Å²) in [5, 5.41) is 3.06. The van der Waals surface area contributed by atoms with E-state index in [4.69, 9.17) is 4.74 Å². The normalized spacial score (nSPS) is 17.4. The number of carbonyl (C=O) groups excluding carboxylic acids is 1. The lowest BCUT2D eigenvalue weighted by Gasteiger charge is -2.16. The van der Waals surface area contributed by atoms with Crippen LogP contribution in [0.1, 0.15) is 27.9 Å². The molecule has 1 saturated heterocycles. The summed E-state index contributed by atoms with van der Waals surface area (Å²) in [6.07, 6.45) is 4.82. The van der Waals surface area contributed by atoms with Gasteiger partial charge in [0.25, 0.3) is 5.91 Å². The van der Waals surface area contributed by atoms with Crippen LogP contribution in [-0.2, 0) is 6.54 Å². The molecule has 0 spiro atoms. The van der Waals surface area contributed by atoms with Gasteiger partial charge in [0.15, 0.2) is 0 Å². The van der Waals surface area contributed by atoms with Gasteiger partial charge in [-0.05, 0) is 55.1 Å². The first-order valence-corrected chi connectivity index (χ1v) is 8.70. The van der Waals surface area contributed by atoms with Crippen LogP contribution in [0.3, 0.4) is 0 Å². The van der Waals surface area contributed by atoms with Crippen molar-refractivity contribution in [3.63, 3.8) is 0 Å². The van der Waals surface area contributed by atoms with Crippen molar-refractivity contribution >= 4 is 5.91 Å². The number of benzene rings is 1. The summed E-state index contributed by atoms with van der Waals surface area (Å²) < 4.78 is 5.29. The lowest BCUT2D eigenvalue weighted by atomic mass is 10.1. The number of aromatic nitrogens is 1. The predicted octanol–water partition coefficient (Wildman–Crippen LogP) is 2.65. The van der Waals surface area contributed by atoms with Crippen molar-refractivity contribution in [2.75, 3.05) is 26.7 Å². The third kappa shape index (κ3) is 4.57. The Balaban J connectivity index is 1.48. The third-order valence-corrected chi connectivity index (χ3v) is 4.72. The lowest BCUT2D eigenvalue weighted by Crippen LogP contribution is -2.31. The second kappa shape index (κ2) is 8.12. The molecule has 5 nitrogen and oxygen atoms in total. The van der Waals surface area contributed by atoms with Crippen LogP contribution in [0, 0.1) is 12.8 Å². The Hall–Kier alpha value is -2.40. The SMILES string of the molecule is COc1cc(C(=O)NC[C@H]2CCN(Cc3cccnc3)C2)ccc1C. The molecule has 2 aromatic rings. The smallest absolute Gasteiger partial charge is 0.251 e. The van der Waals surface area contributed by atoms with Crippen molar-refractivity contribution in [1.29, 1.82) is 0 Å². The molecule has 25 heavy (non-hydrogen) atoms. The summed E-state index contributed by atoms with van der Waals surface area (Å²) in [6.45, 7) is 5.67. The minimum Gasteiger partial charge on any atom is -0.496 e. The Labute approximate surface area is 149 Å². The predicted molar refractivity (Wildman–Crippen MR) is 97.7 cm³/mol. The Kier molecular flexibility index (Phi) is 5.66. The second-order valence-corrected chi connectivity index (χ2v) is 6.65. The van der Waals surface area contributed by atoms with Crippen molar-refractivity contribution < 1.29 is 9.53 Å². The van der Waals surface area contributed by atoms with Gasteiger partial charge in [0, 0.05) is 37.6 Å². The molecule has 1 atom stereocenters. The third-order valence-electron chi connectivity index (χ3n) is 4.72. The highest BCUT2D eigenvalue weighted by Gasteiger charge is 2.23. The van der Waals surface area contributed by atoms with Gasteiger partial charge in [0.2, 0.25) is 0 Å². The molecule has 0 radical (unpaired) electrons. The number of carbonyl (C=O) groups is 1. The quantitative estimate of drug-likeness (QED) is 0.879. The van der Waals surface area contributed by atoms with Crippen molar-refractivity contribution in [2.45, 2.75) is 19.9 Å². The van der Waals surface area contributed by atoms with E-state index < -0.39 is 0 Å². The summed E-state index contributed by atoms with van der Waals surface area (Å²) in [4.78, 5) is 18.9. The van der Waals surface area contributed by atoms with Gasteiger partial charge in [-0.3, -0.25) is 14.7 Å². The van der Waals surface area contributed by atoms with Crippen LogP contribution < -0.4 is 10.1 Å². The Bertz CT molecular complexity index is 718. The van der Waals surface area contributed by atoms with Gasteiger partial charge in [-0.1, -0.05) is 12.1 Å². The molecule has 0 aliphatic carbocycles. The molecule has 1 aliphatic rings. The van der Waals surface area contributed by atoms with Gasteiger partial charge in [-0.25, -0.2) is 0 Å². The van der Waals surface area contributed by atoms with Gasteiger partial charge in [0.05, 0.1) is 7.11 Å². The summed E-state index contributed by atoms with van der Waals surface area (Å²) in [7, 11) is 1.62. The van der Waals surface area contributed by atoms with E-state index in [1.807, 2.05) is 31.3 Å². The number of hydrogen-bond donors (Lipinski definition) is 1. The van der Waals surface area contributed by atoms with E-state index in [1.165, 1.54) is 5.56 Å². The van der Waals surface area contributed by atoms with Crippen molar-refractivity contribution in [3.8, 4) is 5.75 Å². The van der Waals surface area contributed by atoms with Crippen LogP contribution in [-0.4, -0.2) is 42.5 Å². The average molecular weight is 339 g/mol. The van der Waals surface area contributed by atoms with Crippen LogP contribution in [0.2, 0.25) is 0 Å². The van der Waals surface area contributed by atoms with Gasteiger partial charge in [-0.15, -0.1) is 0 Å². The first-order chi connectivity index (χ1) is 12.2. The first-order valence-electron chi connectivity index (χ1n) is 8.70. The number of aryl methyl sites for hydroxylation is 1. The topological polar surface area (TPSA) is 54.5 Å². The molecule has 2 heterocycles. The molecular weight excluding hydrogens is 314 g/mol. The molecule has 0 unspecified atom stereocenters. The molecule has 1 aliphatic heterocycles. The standard InChI is InChI=1S/C20H25N3O2/c1-15-5-6-18(10-19(15)25-2)20(24)22-12-17-7-9-23(14-17)13-16-4-3-8-21-11-16/h3-6,8,10-11,17H,7,9,12-14H2,1-2H3,(H,22,24)/t17-/m1/s1. The zero-order valence-electron chi connectivity index (χ0n) is 14.9. The fourth-order valence-electron chi connectivity index (χ4n) is 3.27. The Morgan fingerprint density at radius 1 is 1.40 bits per heavy atom. The number of amides is 1. The summed E-state index contributed by atoms with van der Waals surface area (Å²) in [6, 6.07) is 9.63. The minimum atomic E-state index is -0.0380. The van der Waals surface area contributed by atoms with E-state index in [-0.39, 0.29) is 5.91 Å². The molecule has 0 saturated carbocycles. The molecular formula is C20H25N3O2. The van der Waals surface area contributed by atoms with E-state index in [1.54, 1.807) is 19.4 Å². The second-order valence-electron chi connectivity index (χ2n) is 6.65. The van der Waals surface area contributed by atoms with Crippen molar-refractivity contribution in [1.82, 2.24) is 15.2 Å². The fourth-order valence-corrected chi connectivity index (χ4v) is 3.27. The van der Waals surface area contributed by atoms with Crippen LogP contribution >= 0.6 is 0 Å². The molecule has 1 N–H and O–H groups in total. The van der Waals surface area contributed by atoms with Crippen molar-refractivity contribution in [3.05, 3.63) is 59.4 Å². The maximum absolute atomic E-state index is 12.4. The number of ether oxygens (including phenoxy) is 1. The van der Waals surface area contributed by atoms with E-state index in [9.17, 15) is 4.79 Å². The lowest BCUT2D eigenvalue weighted by molar-refractivity contribution is 0.0947. The largest absolute Gasteiger partial charge is 0.496 e. The number of methoxy groups -OCH3 is 1. The number of nitrogens with one attached hydrogen (secondary N) is 1. The molecule has 5 heteroatoms. The van der Waals surface area contributed by atoms with Gasteiger partial charge >= 0.3 is 0 Å². The Morgan fingerprint density at radius 2 is 2.28 bits per heavy atom. The Morgan fingerprint density at radius 3 is 3.04 bits per heavy atom. The minimum absolute atomic E-state index is 0.0380. The molecule has 1 amide bonds. The number of hydrogen-bond acceptors (Lipinski definition) is 4. The molecule has 3 rings (SSSR count). The molecule has 1 fully saturated rings. The van der Waals surface area contributed by atoms with E-state index in [0.29, 0.717) is 18.0 Å². The van der Waals surface area contributed by atoms with Crippen LogP contribution in [0.5, 0.6) is 5.75 Å². The van der Waals surface area contributed by atoms with Gasteiger partial charge in [0.1, 0.15) is 5.75 Å². The van der Waals surface area contributed by atoms with E-state index >= 15 is 0 Å². The van der Waals surface area contributed by atoms with Gasteiger partial charge in [-0.2, -0.15) is 0 Å². The summed E-state index contributed by atoms with van der Waals surface area (Å²) in [5.74, 6) is 1.20. The average Bonchev–Trinajstić information content (AvgIpc) is 3.08. The highest BCUT2D eigenvalue weighted by atomic mass is 16.5. The fraction of sp³-hybridized carbons (Fsp3) is 0.400. The van der Waals surface area contributed by atoms with E-state index in [0.717, 1.165) is 37.4 Å². The number of likely N-dealkylation sites (tertiary alicyclic amines) is 1. The number of rotatable bonds is 6. The molecule has 1 aromatic heterocycles. The zero-order valence-corrected chi connectivity index (χ0v) is 14.9. The summed E-state index contributed by atoms with van der Waals surface area (Å²) in [5.41, 5.74) is 2.91. The molecule has 0 bridgehead atoms. The van der Waals surface area contributed by atoms with Crippen LogP contribution in [0.25, 0.3) is 0 Å². The monoisotopic (exact) mass is 339 g/mol. The van der Waals surface area contributed by atoms with Crippen LogP contribution in [0.4, 0.5) is 0 Å². The van der Waals surface area contributed by atoms with Crippen LogP contribution in [0.15, 0.2) is 42.7 Å². The van der Waals surface area contributed by atoms with E-state index in [2.05, 4.69) is 21.3 Å². The van der Waals surface area contributed by atoms with Gasteiger partial charge < -0.3 is 10.1 Å². The molecule has 1 aromatic carbocycles. The number of nitrogens with zero attached hydrogens (tertiary/aromatic N) is 2. The first kappa shape index (κ1) is 17.4. The molecule has 132 valence electrons. The van der Waals surface area contributed by atoms with Crippen molar-refractivity contribution in [2.24, 2.45) is 5.92 Å². The highest BCUT2D eigenvalue weighted by Crippen LogP contribution is 2.20. The highest BCUT2D eigenvalue weighted by molar-refractivity contribution is 5.94. The number of pyridine rings is 1. The zero-order chi connectivity index (χ0) is 17.6.